The van der Waals surface area contributed by atoms with Gasteiger partial charge in [0.15, 0.2) is 0 Å². The number of morpholine rings is 1. The van der Waals surface area contributed by atoms with Crippen molar-refractivity contribution in [1.29, 1.82) is 0 Å². The summed E-state index contributed by atoms with van der Waals surface area (Å²) in [7, 11) is 0. The molecule has 0 aromatic carbocycles. The molecule has 1 aromatic rings. The van der Waals surface area contributed by atoms with Crippen molar-refractivity contribution in [2.24, 2.45) is 0 Å². The fourth-order valence-corrected chi connectivity index (χ4v) is 1.75. The van der Waals surface area contributed by atoms with Crippen molar-refractivity contribution in [3.05, 3.63) is 11.8 Å². The van der Waals surface area contributed by atoms with Crippen LogP contribution in [0.2, 0.25) is 0 Å². The van der Waals surface area contributed by atoms with Crippen LogP contribution in [0.3, 0.4) is 0 Å². The van der Waals surface area contributed by atoms with Gasteiger partial charge in [-0.3, -0.25) is 0 Å². The summed E-state index contributed by atoms with van der Waals surface area (Å²) in [5, 5.41) is 3.29. The van der Waals surface area contributed by atoms with E-state index in [1.165, 1.54) is 0 Å². The number of nitrogen functional groups attached to an aromatic ring is 2. The maximum atomic E-state index is 5.75. The van der Waals surface area contributed by atoms with Crippen molar-refractivity contribution >= 4 is 11.8 Å². The van der Waals surface area contributed by atoms with E-state index in [1.54, 1.807) is 6.20 Å². The lowest BCUT2D eigenvalue weighted by atomic mass is 10.1. The molecule has 0 saturated carbocycles. The van der Waals surface area contributed by atoms with Crippen molar-refractivity contribution in [3.8, 4) is 0 Å². The number of rotatable bonds is 3. The minimum atomic E-state index is 0.219. The number of aryl methyl sites for hydroxylation is 1. The van der Waals surface area contributed by atoms with Crippen molar-refractivity contribution in [3.63, 3.8) is 0 Å². The van der Waals surface area contributed by atoms with Crippen LogP contribution in [0.1, 0.15) is 12.0 Å². The zero-order valence-corrected chi connectivity index (χ0v) is 9.15. The highest BCUT2D eigenvalue weighted by Crippen LogP contribution is 2.13. The molecule has 1 atom stereocenters. The fraction of sp³-hybridized carbons (Fsp3) is 0.600. The van der Waals surface area contributed by atoms with Gasteiger partial charge in [-0.05, 0) is 12.8 Å². The van der Waals surface area contributed by atoms with Crippen LogP contribution in [0.4, 0.5) is 11.8 Å². The Hall–Kier alpha value is -1.40. The van der Waals surface area contributed by atoms with Gasteiger partial charge in [0.1, 0.15) is 5.82 Å². The summed E-state index contributed by atoms with van der Waals surface area (Å²) in [4.78, 5) is 7.86. The zero-order chi connectivity index (χ0) is 11.4. The lowest BCUT2D eigenvalue weighted by molar-refractivity contribution is 0.0238. The minimum Gasteiger partial charge on any atom is -0.383 e. The van der Waals surface area contributed by atoms with Crippen molar-refractivity contribution in [2.45, 2.75) is 18.9 Å². The Morgan fingerprint density at radius 3 is 3.06 bits per heavy atom. The minimum absolute atomic E-state index is 0.219. The van der Waals surface area contributed by atoms with Crippen LogP contribution in [0.5, 0.6) is 0 Å². The predicted molar refractivity (Wildman–Crippen MR) is 61.8 cm³/mol. The number of aromatic nitrogens is 2. The Morgan fingerprint density at radius 1 is 1.50 bits per heavy atom. The van der Waals surface area contributed by atoms with Gasteiger partial charge < -0.3 is 21.5 Å². The van der Waals surface area contributed by atoms with Gasteiger partial charge in [0.2, 0.25) is 5.95 Å². The average molecular weight is 223 g/mol. The SMILES string of the molecule is Nc1ncc(CCC2CNCCO2)c(N)n1. The van der Waals surface area contributed by atoms with E-state index in [4.69, 9.17) is 16.2 Å². The topological polar surface area (TPSA) is 99.1 Å². The molecule has 5 N–H and O–H groups in total. The lowest BCUT2D eigenvalue weighted by Crippen LogP contribution is -2.38. The molecule has 1 aliphatic heterocycles. The van der Waals surface area contributed by atoms with Gasteiger partial charge in [0.05, 0.1) is 12.7 Å². The van der Waals surface area contributed by atoms with Crippen LogP contribution in [0, 0.1) is 0 Å². The molecule has 1 saturated heterocycles. The number of hydrogen-bond acceptors (Lipinski definition) is 6. The number of ether oxygens (including phenoxy) is 1. The normalized spacial score (nSPS) is 20.9. The third-order valence-corrected chi connectivity index (χ3v) is 2.66. The summed E-state index contributed by atoms with van der Waals surface area (Å²) in [6.45, 7) is 2.61. The third kappa shape index (κ3) is 2.80. The summed E-state index contributed by atoms with van der Waals surface area (Å²) in [5.41, 5.74) is 12.1. The molecular formula is C10H17N5O. The number of nitrogens with two attached hydrogens (primary N) is 2. The molecule has 1 aromatic heterocycles. The Kier molecular flexibility index (Phi) is 3.53. The van der Waals surface area contributed by atoms with Crippen LogP contribution in [0.15, 0.2) is 6.20 Å². The lowest BCUT2D eigenvalue weighted by Gasteiger charge is -2.23. The number of anilines is 2. The molecule has 0 aliphatic carbocycles. The van der Waals surface area contributed by atoms with E-state index in [1.807, 2.05) is 0 Å². The van der Waals surface area contributed by atoms with Crippen LogP contribution >= 0.6 is 0 Å². The first-order chi connectivity index (χ1) is 7.75. The maximum Gasteiger partial charge on any atom is 0.221 e. The van der Waals surface area contributed by atoms with E-state index < -0.39 is 0 Å². The number of hydrogen-bond donors (Lipinski definition) is 3. The molecule has 2 rings (SSSR count). The Labute approximate surface area is 94.4 Å². The Balaban J connectivity index is 1.88. The van der Waals surface area contributed by atoms with E-state index in [9.17, 15) is 0 Å². The molecule has 88 valence electrons. The second-order valence-electron chi connectivity index (χ2n) is 3.87. The molecule has 1 aliphatic rings. The first-order valence-electron chi connectivity index (χ1n) is 5.45. The van der Waals surface area contributed by atoms with Crippen LogP contribution < -0.4 is 16.8 Å². The van der Waals surface area contributed by atoms with Crippen molar-refractivity contribution in [1.82, 2.24) is 15.3 Å². The Morgan fingerprint density at radius 2 is 2.38 bits per heavy atom. The van der Waals surface area contributed by atoms with Gasteiger partial charge >= 0.3 is 0 Å². The largest absolute Gasteiger partial charge is 0.383 e. The van der Waals surface area contributed by atoms with Gasteiger partial charge in [0.25, 0.3) is 0 Å². The zero-order valence-electron chi connectivity index (χ0n) is 9.15. The molecule has 0 spiro atoms. The number of nitrogens with zero attached hydrogens (tertiary/aromatic N) is 2. The highest BCUT2D eigenvalue weighted by Gasteiger charge is 2.14. The van der Waals surface area contributed by atoms with Gasteiger partial charge in [-0.2, -0.15) is 4.98 Å². The molecule has 0 bridgehead atoms. The van der Waals surface area contributed by atoms with Crippen molar-refractivity contribution in [2.75, 3.05) is 31.2 Å². The van der Waals surface area contributed by atoms with Gasteiger partial charge in [-0.1, -0.05) is 0 Å². The quantitative estimate of drug-likeness (QED) is 0.642. The molecule has 2 heterocycles. The summed E-state index contributed by atoms with van der Waals surface area (Å²) >= 11 is 0. The summed E-state index contributed by atoms with van der Waals surface area (Å²) in [6.07, 6.45) is 3.68. The molecule has 6 nitrogen and oxygen atoms in total. The molecule has 1 fully saturated rings. The van der Waals surface area contributed by atoms with Crippen LogP contribution in [-0.4, -0.2) is 35.8 Å². The smallest absolute Gasteiger partial charge is 0.221 e. The predicted octanol–water partition coefficient (Wildman–Crippen LogP) is -0.438. The third-order valence-electron chi connectivity index (χ3n) is 2.66. The first-order valence-corrected chi connectivity index (χ1v) is 5.45. The van der Waals surface area contributed by atoms with E-state index in [2.05, 4.69) is 15.3 Å². The van der Waals surface area contributed by atoms with Crippen LogP contribution in [-0.2, 0) is 11.2 Å². The standard InChI is InChI=1S/C10H17N5O/c11-9-7(5-14-10(12)15-9)1-2-8-6-13-3-4-16-8/h5,8,13H,1-4,6H2,(H4,11,12,14,15). The first kappa shape index (κ1) is 11.1. The maximum absolute atomic E-state index is 5.75. The van der Waals surface area contributed by atoms with E-state index >= 15 is 0 Å². The Bertz CT molecular complexity index is 351. The summed E-state index contributed by atoms with van der Waals surface area (Å²) < 4.78 is 5.59. The van der Waals surface area contributed by atoms with Crippen molar-refractivity contribution < 1.29 is 4.74 Å². The van der Waals surface area contributed by atoms with E-state index in [0.29, 0.717) is 5.82 Å². The molecule has 1 unspecified atom stereocenters. The second-order valence-corrected chi connectivity index (χ2v) is 3.87. The number of nitrogens with one attached hydrogen (secondary N) is 1. The fourth-order valence-electron chi connectivity index (χ4n) is 1.75. The molecule has 0 radical (unpaired) electrons. The highest BCUT2D eigenvalue weighted by molar-refractivity contribution is 5.41. The second kappa shape index (κ2) is 5.09. The van der Waals surface area contributed by atoms with Gasteiger partial charge in [-0.25, -0.2) is 4.98 Å². The average Bonchev–Trinajstić information content (AvgIpc) is 2.29. The highest BCUT2D eigenvalue weighted by atomic mass is 16.5. The van der Waals surface area contributed by atoms with E-state index in [-0.39, 0.29) is 12.1 Å². The van der Waals surface area contributed by atoms with Gasteiger partial charge in [-0.15, -0.1) is 0 Å². The molecule has 6 heteroatoms. The monoisotopic (exact) mass is 223 g/mol. The van der Waals surface area contributed by atoms with E-state index in [0.717, 1.165) is 38.1 Å². The van der Waals surface area contributed by atoms with Gasteiger partial charge in [0, 0.05) is 24.8 Å². The molecule has 16 heavy (non-hydrogen) atoms. The molecule has 0 amide bonds. The summed E-state index contributed by atoms with van der Waals surface area (Å²) in [5.74, 6) is 0.688. The summed E-state index contributed by atoms with van der Waals surface area (Å²) in [6, 6.07) is 0. The molecular weight excluding hydrogens is 206 g/mol. The van der Waals surface area contributed by atoms with Crippen LogP contribution in [0.25, 0.3) is 0 Å².